The second-order valence-electron chi connectivity index (χ2n) is 8.68. The molecule has 0 aliphatic carbocycles. The number of para-hydroxylation sites is 1. The van der Waals surface area contributed by atoms with E-state index < -0.39 is 10.0 Å². The second kappa shape index (κ2) is 9.90. The van der Waals surface area contributed by atoms with Gasteiger partial charge in [-0.15, -0.1) is 0 Å². The van der Waals surface area contributed by atoms with Crippen molar-refractivity contribution in [2.24, 2.45) is 0 Å². The summed E-state index contributed by atoms with van der Waals surface area (Å²) in [7, 11) is -4.04. The summed E-state index contributed by atoms with van der Waals surface area (Å²) in [5.41, 5.74) is 1.66. The van der Waals surface area contributed by atoms with Gasteiger partial charge < -0.3 is 14.1 Å². The molecule has 4 aromatic rings. The van der Waals surface area contributed by atoms with Crippen LogP contribution in [-0.4, -0.2) is 49.7 Å². The van der Waals surface area contributed by atoms with Gasteiger partial charge in [0.2, 0.25) is 10.0 Å². The van der Waals surface area contributed by atoms with Crippen LogP contribution in [0.5, 0.6) is 11.5 Å². The van der Waals surface area contributed by atoms with E-state index in [2.05, 4.69) is 0 Å². The third-order valence-electron chi connectivity index (χ3n) is 6.10. The summed E-state index contributed by atoms with van der Waals surface area (Å²) in [6.45, 7) is 2.40. The number of carbonyl (C=O) groups excluding carboxylic acids is 1. The Balaban J connectivity index is 1.37. The molecule has 8 nitrogen and oxygen atoms in total. The zero-order valence-electron chi connectivity index (χ0n) is 19.8. The Kier molecular flexibility index (Phi) is 6.65. The highest BCUT2D eigenvalue weighted by molar-refractivity contribution is 7.89. The molecule has 0 bridgehead atoms. The maximum atomic E-state index is 13.7. The van der Waals surface area contributed by atoms with Crippen LogP contribution < -0.4 is 4.74 Å². The monoisotopic (exact) mass is 535 g/mol. The molecule has 3 aromatic carbocycles. The van der Waals surface area contributed by atoms with Gasteiger partial charge in [0.05, 0.1) is 11.6 Å². The highest BCUT2D eigenvalue weighted by Crippen LogP contribution is 2.34. The standard InChI is InChI=1S/C27H22ClN3O5S/c1-18-12-21(28)16-22(13-18)35-24-7-6-19(17-29)14-26(24)37(33,34)31-10-8-30(9-11-31)27(32)25-15-20-4-2-3-5-23(20)36-25/h2-7,12-16H,8-11H2,1H3. The van der Waals surface area contributed by atoms with E-state index in [1.807, 2.05) is 31.2 Å². The van der Waals surface area contributed by atoms with Crippen LogP contribution >= 0.6 is 11.6 Å². The van der Waals surface area contributed by atoms with Gasteiger partial charge >= 0.3 is 0 Å². The van der Waals surface area contributed by atoms with E-state index in [9.17, 15) is 18.5 Å². The fourth-order valence-electron chi connectivity index (χ4n) is 4.27. The SMILES string of the molecule is Cc1cc(Cl)cc(Oc2ccc(C#N)cc2S(=O)(=O)N2CCN(C(=O)c3cc4ccccc4o3)CC2)c1. The van der Waals surface area contributed by atoms with E-state index in [-0.39, 0.29) is 54.1 Å². The van der Waals surface area contributed by atoms with Crippen molar-refractivity contribution in [3.8, 4) is 17.6 Å². The molecule has 1 aromatic heterocycles. The molecule has 1 fully saturated rings. The number of hydrogen-bond acceptors (Lipinski definition) is 6. The Hall–Kier alpha value is -3.84. The molecule has 1 aliphatic rings. The van der Waals surface area contributed by atoms with Crippen LogP contribution in [0.15, 0.2) is 76.0 Å². The van der Waals surface area contributed by atoms with E-state index in [4.69, 9.17) is 20.8 Å². The highest BCUT2D eigenvalue weighted by Gasteiger charge is 2.33. The molecule has 5 rings (SSSR count). The van der Waals surface area contributed by atoms with Gasteiger partial charge in [0.1, 0.15) is 22.0 Å². The predicted molar refractivity (Wildman–Crippen MR) is 138 cm³/mol. The zero-order valence-corrected chi connectivity index (χ0v) is 21.4. The van der Waals surface area contributed by atoms with Crippen LogP contribution in [0, 0.1) is 18.3 Å². The summed E-state index contributed by atoms with van der Waals surface area (Å²) in [6, 6.07) is 20.4. The number of furan rings is 1. The van der Waals surface area contributed by atoms with Gasteiger partial charge in [0.15, 0.2) is 5.76 Å². The summed E-state index contributed by atoms with van der Waals surface area (Å²) < 4.78 is 40.2. The van der Waals surface area contributed by atoms with Gasteiger partial charge in [0.25, 0.3) is 5.91 Å². The normalized spacial score (nSPS) is 14.5. The molecular weight excluding hydrogens is 514 g/mol. The number of fused-ring (bicyclic) bond motifs is 1. The molecule has 1 amide bonds. The van der Waals surface area contributed by atoms with Gasteiger partial charge in [-0.25, -0.2) is 8.42 Å². The summed E-state index contributed by atoms with van der Waals surface area (Å²) >= 11 is 6.13. The first kappa shape index (κ1) is 24.8. The van der Waals surface area contributed by atoms with Crippen LogP contribution in [-0.2, 0) is 10.0 Å². The largest absolute Gasteiger partial charge is 0.456 e. The summed E-state index contributed by atoms with van der Waals surface area (Å²) in [5, 5.41) is 10.7. The van der Waals surface area contributed by atoms with E-state index in [1.165, 1.54) is 22.5 Å². The highest BCUT2D eigenvalue weighted by atomic mass is 35.5. The van der Waals surface area contributed by atoms with Crippen LogP contribution in [0.2, 0.25) is 5.02 Å². The number of aryl methyl sites for hydroxylation is 1. The second-order valence-corrected chi connectivity index (χ2v) is 11.0. The van der Waals surface area contributed by atoms with E-state index in [0.717, 1.165) is 10.9 Å². The van der Waals surface area contributed by atoms with Crippen LogP contribution in [0.3, 0.4) is 0 Å². The molecular formula is C27H22ClN3O5S. The van der Waals surface area contributed by atoms with Gasteiger partial charge in [-0.1, -0.05) is 29.8 Å². The Morgan fingerprint density at radius 1 is 1.03 bits per heavy atom. The first-order chi connectivity index (χ1) is 17.7. The first-order valence-corrected chi connectivity index (χ1v) is 13.3. The summed E-state index contributed by atoms with van der Waals surface area (Å²) in [4.78, 5) is 14.4. The third kappa shape index (κ3) is 5.04. The minimum atomic E-state index is -4.04. The number of halogens is 1. The number of piperazine rings is 1. The molecule has 0 N–H and O–H groups in total. The van der Waals surface area contributed by atoms with Crippen molar-refractivity contribution in [3.63, 3.8) is 0 Å². The third-order valence-corrected chi connectivity index (χ3v) is 8.23. The van der Waals surface area contributed by atoms with Crippen molar-refractivity contribution in [2.45, 2.75) is 11.8 Å². The average Bonchev–Trinajstić information content (AvgIpc) is 3.32. The van der Waals surface area contributed by atoms with E-state index in [0.29, 0.717) is 16.4 Å². The number of sulfonamides is 1. The molecule has 188 valence electrons. The predicted octanol–water partition coefficient (Wildman–Crippen LogP) is 5.21. The van der Waals surface area contributed by atoms with Crippen molar-refractivity contribution in [2.75, 3.05) is 26.2 Å². The molecule has 0 radical (unpaired) electrons. The Labute approximate surface area is 219 Å². The minimum Gasteiger partial charge on any atom is -0.456 e. The average molecular weight is 536 g/mol. The molecule has 37 heavy (non-hydrogen) atoms. The molecule has 1 aliphatic heterocycles. The number of nitrogens with zero attached hydrogens (tertiary/aromatic N) is 3. The van der Waals surface area contributed by atoms with Gasteiger partial charge in [0, 0.05) is 36.6 Å². The van der Waals surface area contributed by atoms with Crippen LogP contribution in [0.25, 0.3) is 11.0 Å². The van der Waals surface area contributed by atoms with E-state index in [1.54, 1.807) is 35.2 Å². The van der Waals surface area contributed by atoms with Gasteiger partial charge in [-0.2, -0.15) is 9.57 Å². The maximum Gasteiger partial charge on any atom is 0.289 e. The zero-order chi connectivity index (χ0) is 26.2. The molecule has 0 atom stereocenters. The van der Waals surface area contributed by atoms with Crippen molar-refractivity contribution in [3.05, 3.63) is 88.6 Å². The van der Waals surface area contributed by atoms with Gasteiger partial charge in [-0.3, -0.25) is 4.79 Å². The summed E-state index contributed by atoms with van der Waals surface area (Å²) in [5.74, 6) is 0.390. The lowest BCUT2D eigenvalue weighted by atomic mass is 10.2. The Morgan fingerprint density at radius 3 is 2.49 bits per heavy atom. The lowest BCUT2D eigenvalue weighted by Crippen LogP contribution is -2.50. The van der Waals surface area contributed by atoms with Crippen molar-refractivity contribution in [1.29, 1.82) is 5.26 Å². The number of benzene rings is 3. The molecule has 0 saturated carbocycles. The van der Waals surface area contributed by atoms with Crippen molar-refractivity contribution in [1.82, 2.24) is 9.21 Å². The van der Waals surface area contributed by atoms with Gasteiger partial charge in [-0.05, 0) is 61.0 Å². The fraction of sp³-hybridized carbons (Fsp3) is 0.185. The maximum absolute atomic E-state index is 13.7. The number of amides is 1. The molecule has 10 heteroatoms. The number of nitriles is 1. The number of ether oxygens (including phenoxy) is 1. The van der Waals surface area contributed by atoms with E-state index >= 15 is 0 Å². The smallest absolute Gasteiger partial charge is 0.289 e. The van der Waals surface area contributed by atoms with Crippen molar-refractivity contribution >= 4 is 38.5 Å². The van der Waals surface area contributed by atoms with Crippen molar-refractivity contribution < 1.29 is 22.4 Å². The first-order valence-electron chi connectivity index (χ1n) is 11.5. The number of carbonyl (C=O) groups is 1. The molecule has 0 spiro atoms. The van der Waals surface area contributed by atoms with Crippen LogP contribution in [0.4, 0.5) is 0 Å². The minimum absolute atomic E-state index is 0.0841. The summed E-state index contributed by atoms with van der Waals surface area (Å²) in [6.07, 6.45) is 0. The molecule has 2 heterocycles. The quantitative estimate of drug-likeness (QED) is 0.347. The topological polar surface area (TPSA) is 104 Å². The number of hydrogen-bond donors (Lipinski definition) is 0. The molecule has 1 saturated heterocycles. The fourth-order valence-corrected chi connectivity index (χ4v) is 6.11. The lowest BCUT2D eigenvalue weighted by Gasteiger charge is -2.33. The lowest BCUT2D eigenvalue weighted by molar-refractivity contribution is 0.0668. The Morgan fingerprint density at radius 2 is 1.78 bits per heavy atom. The number of rotatable bonds is 5. The Bertz CT molecular complexity index is 1600. The molecule has 0 unspecified atom stereocenters. The van der Waals surface area contributed by atoms with Crippen LogP contribution in [0.1, 0.15) is 21.7 Å².